The maximum absolute atomic E-state index is 3.63. The smallest absolute Gasteiger partial charge is 0.0100 e. The van der Waals surface area contributed by atoms with Crippen LogP contribution >= 0.6 is 0 Å². The van der Waals surface area contributed by atoms with Crippen molar-refractivity contribution in [1.82, 2.24) is 5.32 Å². The van der Waals surface area contributed by atoms with E-state index in [4.69, 9.17) is 0 Å². The molecular formula is C20H31N. The average molecular weight is 285 g/mol. The van der Waals surface area contributed by atoms with Crippen LogP contribution in [0.2, 0.25) is 0 Å². The fourth-order valence-corrected chi connectivity index (χ4v) is 4.95. The van der Waals surface area contributed by atoms with Crippen molar-refractivity contribution in [2.24, 2.45) is 23.2 Å². The second-order valence-corrected chi connectivity index (χ2v) is 8.10. The van der Waals surface area contributed by atoms with Gasteiger partial charge in [-0.2, -0.15) is 0 Å². The number of benzene rings is 1. The largest absolute Gasteiger partial charge is 0.317 e. The lowest BCUT2D eigenvalue weighted by atomic mass is 9.63. The molecule has 1 aromatic rings. The third-order valence-corrected chi connectivity index (χ3v) is 6.41. The Morgan fingerprint density at radius 1 is 1.00 bits per heavy atom. The van der Waals surface area contributed by atoms with Crippen molar-refractivity contribution < 1.29 is 0 Å². The van der Waals surface area contributed by atoms with E-state index in [0.717, 1.165) is 23.7 Å². The molecular weight excluding hydrogens is 254 g/mol. The molecule has 0 spiro atoms. The van der Waals surface area contributed by atoms with Gasteiger partial charge in [0, 0.05) is 6.04 Å². The van der Waals surface area contributed by atoms with Crippen LogP contribution < -0.4 is 5.32 Å². The van der Waals surface area contributed by atoms with E-state index in [1.807, 2.05) is 0 Å². The zero-order valence-electron chi connectivity index (χ0n) is 14.1. The molecule has 0 amide bonds. The molecule has 2 fully saturated rings. The maximum Gasteiger partial charge on any atom is 0.0100 e. The summed E-state index contributed by atoms with van der Waals surface area (Å²) in [5.74, 6) is 3.39. The Morgan fingerprint density at radius 3 is 2.38 bits per heavy atom. The highest BCUT2D eigenvalue weighted by Crippen LogP contribution is 2.61. The van der Waals surface area contributed by atoms with E-state index in [-0.39, 0.29) is 0 Å². The number of rotatable bonds is 4. The summed E-state index contributed by atoms with van der Waals surface area (Å²) in [6.07, 6.45) is 5.56. The molecule has 0 aliphatic heterocycles. The van der Waals surface area contributed by atoms with Gasteiger partial charge >= 0.3 is 0 Å². The minimum atomic E-state index is 0.453. The summed E-state index contributed by atoms with van der Waals surface area (Å²) in [6, 6.07) is 11.9. The van der Waals surface area contributed by atoms with Gasteiger partial charge in [0.05, 0.1) is 0 Å². The van der Waals surface area contributed by atoms with Crippen LogP contribution in [0.3, 0.4) is 0 Å². The summed E-state index contributed by atoms with van der Waals surface area (Å²) in [7, 11) is 2.16. The van der Waals surface area contributed by atoms with Crippen LogP contribution in [0.15, 0.2) is 30.3 Å². The molecule has 5 unspecified atom stereocenters. The van der Waals surface area contributed by atoms with Gasteiger partial charge in [0.2, 0.25) is 0 Å². The Bertz CT molecular complexity index is 464. The molecule has 0 bridgehead atoms. The highest BCUT2D eigenvalue weighted by molar-refractivity contribution is 5.27. The van der Waals surface area contributed by atoms with Crippen molar-refractivity contribution in [3.05, 3.63) is 35.9 Å². The fraction of sp³-hybridized carbons (Fsp3) is 0.700. The number of hydrogen-bond acceptors (Lipinski definition) is 1. The van der Waals surface area contributed by atoms with Gasteiger partial charge in [-0.25, -0.2) is 0 Å². The Labute approximate surface area is 130 Å². The average Bonchev–Trinajstić information content (AvgIpc) is 3.29. The quantitative estimate of drug-likeness (QED) is 0.834. The summed E-state index contributed by atoms with van der Waals surface area (Å²) >= 11 is 0. The summed E-state index contributed by atoms with van der Waals surface area (Å²) in [4.78, 5) is 0. The van der Waals surface area contributed by atoms with Crippen molar-refractivity contribution in [1.29, 1.82) is 0 Å². The molecule has 2 saturated carbocycles. The van der Waals surface area contributed by atoms with Crippen molar-refractivity contribution in [2.45, 2.75) is 58.4 Å². The van der Waals surface area contributed by atoms with Crippen LogP contribution in [0.5, 0.6) is 0 Å². The lowest BCUT2D eigenvalue weighted by Gasteiger charge is -2.45. The van der Waals surface area contributed by atoms with Gasteiger partial charge in [0.1, 0.15) is 0 Å². The third kappa shape index (κ3) is 2.90. The third-order valence-electron chi connectivity index (χ3n) is 6.41. The molecule has 0 aromatic heterocycles. The Morgan fingerprint density at radius 2 is 1.71 bits per heavy atom. The van der Waals surface area contributed by atoms with Gasteiger partial charge in [-0.15, -0.1) is 0 Å². The second-order valence-electron chi connectivity index (χ2n) is 8.10. The molecule has 0 heterocycles. The molecule has 1 heteroatoms. The van der Waals surface area contributed by atoms with Gasteiger partial charge in [-0.3, -0.25) is 0 Å². The molecule has 21 heavy (non-hydrogen) atoms. The van der Waals surface area contributed by atoms with Crippen LogP contribution in [0.4, 0.5) is 0 Å². The molecule has 1 aromatic carbocycles. The number of nitrogens with one attached hydrogen (secondary N) is 1. The summed E-state index contributed by atoms with van der Waals surface area (Å²) < 4.78 is 0. The molecule has 0 radical (unpaired) electrons. The molecule has 1 nitrogen and oxygen atoms in total. The van der Waals surface area contributed by atoms with Gasteiger partial charge in [0.15, 0.2) is 0 Å². The Balaban J connectivity index is 1.72. The van der Waals surface area contributed by atoms with Crippen LogP contribution in [0, 0.1) is 23.2 Å². The van der Waals surface area contributed by atoms with Crippen molar-refractivity contribution >= 4 is 0 Å². The lowest BCUT2D eigenvalue weighted by molar-refractivity contribution is 0.0775. The monoisotopic (exact) mass is 285 g/mol. The predicted molar refractivity (Wildman–Crippen MR) is 90.4 cm³/mol. The minimum Gasteiger partial charge on any atom is -0.317 e. The fourth-order valence-electron chi connectivity index (χ4n) is 4.95. The van der Waals surface area contributed by atoms with Crippen molar-refractivity contribution in [3.63, 3.8) is 0 Å². The minimum absolute atomic E-state index is 0.453. The van der Waals surface area contributed by atoms with Gasteiger partial charge < -0.3 is 5.32 Å². The molecule has 2 aliphatic rings. The van der Waals surface area contributed by atoms with Crippen molar-refractivity contribution in [2.75, 3.05) is 7.05 Å². The topological polar surface area (TPSA) is 12.0 Å². The van der Waals surface area contributed by atoms with E-state index in [1.54, 1.807) is 5.56 Å². The van der Waals surface area contributed by atoms with Crippen LogP contribution in [0.25, 0.3) is 0 Å². The zero-order valence-corrected chi connectivity index (χ0v) is 14.1. The molecule has 5 atom stereocenters. The van der Waals surface area contributed by atoms with Crippen LogP contribution in [-0.4, -0.2) is 13.1 Å². The molecule has 1 N–H and O–H groups in total. The lowest BCUT2D eigenvalue weighted by Crippen LogP contribution is -2.46. The Kier molecular flexibility index (Phi) is 4.14. The molecule has 0 saturated heterocycles. The first-order chi connectivity index (χ1) is 10.0. The summed E-state index contributed by atoms with van der Waals surface area (Å²) in [5, 5.41) is 3.63. The van der Waals surface area contributed by atoms with E-state index >= 15 is 0 Å². The SMILES string of the molecule is CNC1CC(C)CCC1C(C)(C)C1CC1c1ccccc1. The van der Waals surface area contributed by atoms with Gasteiger partial charge in [-0.05, 0) is 61.0 Å². The van der Waals surface area contributed by atoms with Crippen molar-refractivity contribution in [3.8, 4) is 0 Å². The first-order valence-electron chi connectivity index (χ1n) is 8.76. The molecule has 116 valence electrons. The van der Waals surface area contributed by atoms with Gasteiger partial charge in [0.25, 0.3) is 0 Å². The Hall–Kier alpha value is -0.820. The van der Waals surface area contributed by atoms with Gasteiger partial charge in [-0.1, -0.05) is 57.5 Å². The molecule has 2 aliphatic carbocycles. The highest BCUT2D eigenvalue weighted by atomic mass is 14.9. The predicted octanol–water partition coefficient (Wildman–Crippen LogP) is 4.84. The van der Waals surface area contributed by atoms with Crippen LogP contribution in [-0.2, 0) is 0 Å². The van der Waals surface area contributed by atoms with E-state index in [2.05, 4.69) is 63.5 Å². The van der Waals surface area contributed by atoms with E-state index in [1.165, 1.54) is 25.7 Å². The maximum atomic E-state index is 3.63. The normalized spacial score (nSPS) is 36.5. The highest BCUT2D eigenvalue weighted by Gasteiger charge is 2.53. The zero-order chi connectivity index (χ0) is 15.0. The summed E-state index contributed by atoms with van der Waals surface area (Å²) in [5.41, 5.74) is 2.01. The van der Waals surface area contributed by atoms with E-state index in [9.17, 15) is 0 Å². The second kappa shape index (κ2) is 5.76. The first-order valence-corrected chi connectivity index (χ1v) is 8.76. The van der Waals surface area contributed by atoms with Crippen LogP contribution in [0.1, 0.15) is 57.9 Å². The standard InChI is InChI=1S/C20H31N/c1-14-10-11-17(19(12-14)21-4)20(2,3)18-13-16(18)15-8-6-5-7-9-15/h5-9,14,16-19,21H,10-13H2,1-4H3. The van der Waals surface area contributed by atoms with E-state index in [0.29, 0.717) is 11.5 Å². The number of hydrogen-bond donors (Lipinski definition) is 1. The summed E-state index contributed by atoms with van der Waals surface area (Å²) in [6.45, 7) is 7.48. The van der Waals surface area contributed by atoms with E-state index < -0.39 is 0 Å². The molecule has 3 rings (SSSR count). The first kappa shape index (κ1) is 15.1.